The van der Waals surface area contributed by atoms with E-state index in [9.17, 15) is 14.9 Å². The molecule has 8 heteroatoms. The van der Waals surface area contributed by atoms with Crippen LogP contribution < -0.4 is 5.43 Å². The lowest BCUT2D eigenvalue weighted by Gasteiger charge is -2.03. The lowest BCUT2D eigenvalue weighted by Crippen LogP contribution is -2.13. The van der Waals surface area contributed by atoms with E-state index in [1.165, 1.54) is 32.2 Å². The van der Waals surface area contributed by atoms with Crippen LogP contribution in [-0.2, 0) is 9.53 Å². The molecule has 1 rings (SSSR count). The summed E-state index contributed by atoms with van der Waals surface area (Å²) < 4.78 is 4.43. The molecular formula is C10H10ClN3O4. The van der Waals surface area contributed by atoms with Gasteiger partial charge in [0, 0.05) is 11.1 Å². The number of nitro groups is 1. The molecule has 0 unspecified atom stereocenters. The molecule has 1 aromatic rings. The fraction of sp³-hybridized carbons (Fsp3) is 0.200. The number of hydrogen-bond acceptors (Lipinski definition) is 6. The normalized spacial score (nSPS) is 10.9. The molecule has 7 nitrogen and oxygen atoms in total. The fourth-order valence-electron chi connectivity index (χ4n) is 1.09. The Hall–Kier alpha value is -2.15. The summed E-state index contributed by atoms with van der Waals surface area (Å²) in [5.41, 5.74) is 2.37. The molecule has 96 valence electrons. The second-order valence-electron chi connectivity index (χ2n) is 3.22. The third-order valence-electron chi connectivity index (χ3n) is 1.98. The van der Waals surface area contributed by atoms with Crippen molar-refractivity contribution in [2.75, 3.05) is 12.5 Å². The van der Waals surface area contributed by atoms with E-state index >= 15 is 0 Å². The van der Waals surface area contributed by atoms with Crippen molar-refractivity contribution in [3.63, 3.8) is 0 Å². The first-order valence-corrected chi connectivity index (χ1v) is 5.16. The van der Waals surface area contributed by atoms with E-state index in [-0.39, 0.29) is 22.1 Å². The van der Waals surface area contributed by atoms with Gasteiger partial charge in [0.25, 0.3) is 5.69 Å². The Balaban J connectivity index is 2.98. The highest BCUT2D eigenvalue weighted by Crippen LogP contribution is 2.27. The van der Waals surface area contributed by atoms with Crippen LogP contribution in [-0.4, -0.2) is 23.7 Å². The maximum atomic E-state index is 11.1. The van der Waals surface area contributed by atoms with Crippen molar-refractivity contribution in [1.82, 2.24) is 0 Å². The summed E-state index contributed by atoms with van der Waals surface area (Å²) >= 11 is 5.65. The van der Waals surface area contributed by atoms with Crippen molar-refractivity contribution in [2.24, 2.45) is 5.10 Å². The number of nitro benzene ring substituents is 1. The first-order chi connectivity index (χ1) is 8.45. The number of nitrogens with one attached hydrogen (secondary N) is 1. The van der Waals surface area contributed by atoms with E-state index in [1.807, 2.05) is 0 Å². The van der Waals surface area contributed by atoms with Gasteiger partial charge in [0.2, 0.25) is 0 Å². The maximum Gasteiger partial charge on any atom is 0.353 e. The van der Waals surface area contributed by atoms with Crippen molar-refractivity contribution in [1.29, 1.82) is 0 Å². The molecular weight excluding hydrogens is 262 g/mol. The third kappa shape index (κ3) is 3.42. The van der Waals surface area contributed by atoms with Crippen molar-refractivity contribution in [3.8, 4) is 0 Å². The van der Waals surface area contributed by atoms with Gasteiger partial charge in [-0.3, -0.25) is 15.5 Å². The van der Waals surface area contributed by atoms with Crippen LogP contribution in [0.1, 0.15) is 6.92 Å². The van der Waals surface area contributed by atoms with Gasteiger partial charge in [-0.2, -0.15) is 5.10 Å². The van der Waals surface area contributed by atoms with Crippen LogP contribution in [0.2, 0.25) is 5.02 Å². The SMILES string of the molecule is COC(=O)/C(C)=N\Nc1ccc(Cl)cc1[N+](=O)[O-]. The first-order valence-electron chi connectivity index (χ1n) is 4.78. The smallest absolute Gasteiger partial charge is 0.353 e. The molecule has 18 heavy (non-hydrogen) atoms. The summed E-state index contributed by atoms with van der Waals surface area (Å²) in [6.45, 7) is 1.42. The summed E-state index contributed by atoms with van der Waals surface area (Å²) in [4.78, 5) is 21.2. The quantitative estimate of drug-likeness (QED) is 0.392. The highest BCUT2D eigenvalue weighted by molar-refractivity contribution is 6.35. The molecule has 0 aliphatic heterocycles. The zero-order valence-corrected chi connectivity index (χ0v) is 10.4. The molecule has 0 radical (unpaired) electrons. The lowest BCUT2D eigenvalue weighted by atomic mass is 10.3. The first kappa shape index (κ1) is 13.9. The van der Waals surface area contributed by atoms with Gasteiger partial charge in [0.05, 0.1) is 12.0 Å². The number of anilines is 1. The summed E-state index contributed by atoms with van der Waals surface area (Å²) in [5.74, 6) is -0.626. The summed E-state index contributed by atoms with van der Waals surface area (Å²) in [6.07, 6.45) is 0. The predicted molar refractivity (Wildman–Crippen MR) is 66.9 cm³/mol. The van der Waals surface area contributed by atoms with E-state index in [0.717, 1.165) is 0 Å². The fourth-order valence-corrected chi connectivity index (χ4v) is 1.25. The number of hydrazone groups is 1. The molecule has 1 N–H and O–H groups in total. The van der Waals surface area contributed by atoms with Crippen molar-refractivity contribution in [2.45, 2.75) is 6.92 Å². The number of methoxy groups -OCH3 is 1. The summed E-state index contributed by atoms with van der Waals surface area (Å²) in [7, 11) is 1.21. The van der Waals surface area contributed by atoms with Crippen LogP contribution in [0.25, 0.3) is 0 Å². The molecule has 0 amide bonds. The van der Waals surface area contributed by atoms with E-state index in [0.29, 0.717) is 0 Å². The number of benzene rings is 1. The van der Waals surface area contributed by atoms with Gasteiger partial charge in [-0.1, -0.05) is 11.6 Å². The van der Waals surface area contributed by atoms with E-state index in [1.54, 1.807) is 0 Å². The lowest BCUT2D eigenvalue weighted by molar-refractivity contribution is -0.383. The van der Waals surface area contributed by atoms with Gasteiger partial charge >= 0.3 is 5.97 Å². The van der Waals surface area contributed by atoms with Gasteiger partial charge in [0.15, 0.2) is 0 Å². The molecule has 0 fully saturated rings. The van der Waals surface area contributed by atoms with Crippen molar-refractivity contribution >= 4 is 34.7 Å². The minimum absolute atomic E-state index is 0.0433. The van der Waals surface area contributed by atoms with Crippen LogP contribution in [0.15, 0.2) is 23.3 Å². The molecule has 0 heterocycles. The topological polar surface area (TPSA) is 93.8 Å². The number of nitrogens with zero attached hydrogens (tertiary/aromatic N) is 2. The van der Waals surface area contributed by atoms with Gasteiger partial charge in [-0.15, -0.1) is 0 Å². The molecule has 0 bridgehead atoms. The number of rotatable bonds is 4. The maximum absolute atomic E-state index is 11.1. The average Bonchev–Trinajstić information content (AvgIpc) is 2.35. The minimum Gasteiger partial charge on any atom is -0.464 e. The number of carbonyl (C=O) groups is 1. The van der Waals surface area contributed by atoms with Gasteiger partial charge in [-0.05, 0) is 19.1 Å². The van der Waals surface area contributed by atoms with Crippen LogP contribution >= 0.6 is 11.6 Å². The zero-order valence-electron chi connectivity index (χ0n) is 9.64. The monoisotopic (exact) mass is 271 g/mol. The molecule has 0 saturated carbocycles. The molecule has 0 spiro atoms. The Labute approximate surface area is 108 Å². The van der Waals surface area contributed by atoms with Gasteiger partial charge in [0.1, 0.15) is 11.4 Å². The van der Waals surface area contributed by atoms with Crippen LogP contribution in [0, 0.1) is 10.1 Å². The van der Waals surface area contributed by atoms with E-state index in [4.69, 9.17) is 11.6 Å². The number of carbonyl (C=O) groups excluding carboxylic acids is 1. The number of ether oxygens (including phenoxy) is 1. The van der Waals surface area contributed by atoms with E-state index < -0.39 is 10.9 Å². The number of hydrogen-bond donors (Lipinski definition) is 1. The second-order valence-corrected chi connectivity index (χ2v) is 3.66. The van der Waals surface area contributed by atoms with Crippen molar-refractivity contribution < 1.29 is 14.5 Å². The molecule has 0 saturated heterocycles. The molecule has 1 aromatic carbocycles. The standard InChI is InChI=1S/C10H10ClN3O4/c1-6(10(15)18-2)12-13-8-4-3-7(11)5-9(8)14(16)17/h3-5,13H,1-2H3/b12-6-. The van der Waals surface area contributed by atoms with Crippen LogP contribution in [0.5, 0.6) is 0 Å². The second kappa shape index (κ2) is 5.97. The summed E-state index contributed by atoms with van der Waals surface area (Å²) in [6, 6.07) is 4.06. The van der Waals surface area contributed by atoms with Gasteiger partial charge < -0.3 is 4.74 Å². The Morgan fingerprint density at radius 2 is 2.22 bits per heavy atom. The van der Waals surface area contributed by atoms with E-state index in [2.05, 4.69) is 15.3 Å². The van der Waals surface area contributed by atoms with Gasteiger partial charge in [-0.25, -0.2) is 4.79 Å². The molecule has 0 atom stereocenters. The number of halogens is 1. The highest BCUT2D eigenvalue weighted by atomic mass is 35.5. The Kier molecular flexibility index (Phi) is 4.61. The Bertz CT molecular complexity index is 516. The zero-order chi connectivity index (χ0) is 13.7. The highest BCUT2D eigenvalue weighted by Gasteiger charge is 2.14. The predicted octanol–water partition coefficient (Wildman–Crippen LogP) is 2.21. The Morgan fingerprint density at radius 1 is 1.56 bits per heavy atom. The van der Waals surface area contributed by atoms with Crippen LogP contribution in [0.3, 0.4) is 0 Å². The van der Waals surface area contributed by atoms with Crippen molar-refractivity contribution in [3.05, 3.63) is 33.3 Å². The summed E-state index contributed by atoms with van der Waals surface area (Å²) in [5, 5.41) is 14.7. The molecule has 0 aromatic heterocycles. The molecule has 0 aliphatic rings. The molecule has 0 aliphatic carbocycles. The average molecular weight is 272 g/mol. The largest absolute Gasteiger partial charge is 0.464 e. The van der Waals surface area contributed by atoms with Crippen LogP contribution in [0.4, 0.5) is 11.4 Å². The Morgan fingerprint density at radius 3 is 2.78 bits per heavy atom. The number of esters is 1. The third-order valence-corrected chi connectivity index (χ3v) is 2.22. The minimum atomic E-state index is -0.626.